The van der Waals surface area contributed by atoms with Crippen LogP contribution in [0.5, 0.6) is 0 Å². The molecule has 0 bridgehead atoms. The van der Waals surface area contributed by atoms with Gasteiger partial charge in [-0.15, -0.1) is 0 Å². The maximum atomic E-state index is 12.0. The Balaban J connectivity index is 1.98. The van der Waals surface area contributed by atoms with Gasteiger partial charge in [0.2, 0.25) is 5.78 Å². The van der Waals surface area contributed by atoms with E-state index in [4.69, 9.17) is 16.3 Å². The van der Waals surface area contributed by atoms with Gasteiger partial charge in [-0.05, 0) is 24.6 Å². The molecule has 0 saturated heterocycles. The van der Waals surface area contributed by atoms with Gasteiger partial charge in [-0.3, -0.25) is 14.9 Å². The smallest absolute Gasteiger partial charge is 0.331 e. The Morgan fingerprint density at radius 3 is 2.64 bits per heavy atom. The number of hydrogen-bond donors (Lipinski definition) is 0. The van der Waals surface area contributed by atoms with Crippen molar-refractivity contribution in [2.24, 2.45) is 0 Å². The van der Waals surface area contributed by atoms with Gasteiger partial charge in [0.1, 0.15) is 0 Å². The summed E-state index contributed by atoms with van der Waals surface area (Å²) in [6.45, 7) is 1.07. The lowest BCUT2D eigenvalue weighted by Crippen LogP contribution is -2.13. The van der Waals surface area contributed by atoms with Crippen LogP contribution in [0.2, 0.25) is 5.02 Å². The fourth-order valence-corrected chi connectivity index (χ4v) is 2.21. The molecule has 0 aliphatic heterocycles. The highest BCUT2D eigenvalue weighted by atomic mass is 35.5. The lowest BCUT2D eigenvalue weighted by molar-refractivity contribution is -0.385. The van der Waals surface area contributed by atoms with Crippen molar-refractivity contribution in [1.82, 2.24) is 0 Å². The molecule has 128 valence electrons. The molecule has 0 aliphatic carbocycles. The monoisotopic (exact) mass is 359 g/mol. The van der Waals surface area contributed by atoms with Crippen molar-refractivity contribution in [3.8, 4) is 0 Å². The van der Waals surface area contributed by atoms with Gasteiger partial charge in [0, 0.05) is 28.3 Å². The lowest BCUT2D eigenvalue weighted by Gasteiger charge is -2.03. The number of aryl methyl sites for hydroxylation is 1. The number of ketones is 1. The molecule has 0 heterocycles. The molecule has 2 aromatic rings. The zero-order valence-electron chi connectivity index (χ0n) is 13.3. The standard InChI is InChI=1S/C18H14ClNO5/c1-12-6-7-14(10-16(12)20(23)24)17(21)11-25-18(22)9-8-13-4-2-3-5-15(13)19/h2-10H,11H2,1H3/b9-8+. The number of benzene rings is 2. The number of hydrogen-bond acceptors (Lipinski definition) is 5. The second kappa shape index (κ2) is 8.21. The van der Waals surface area contributed by atoms with Gasteiger partial charge in [-0.25, -0.2) is 4.79 Å². The van der Waals surface area contributed by atoms with Crippen LogP contribution in [-0.2, 0) is 9.53 Å². The molecule has 0 spiro atoms. The van der Waals surface area contributed by atoms with Crippen LogP contribution in [0.4, 0.5) is 5.69 Å². The van der Waals surface area contributed by atoms with Gasteiger partial charge in [-0.1, -0.05) is 41.9 Å². The van der Waals surface area contributed by atoms with E-state index in [9.17, 15) is 19.7 Å². The molecule has 0 aromatic heterocycles. The summed E-state index contributed by atoms with van der Waals surface area (Å²) in [6, 6.07) is 11.0. The third kappa shape index (κ3) is 4.99. The Bertz CT molecular complexity index is 860. The van der Waals surface area contributed by atoms with E-state index in [1.807, 2.05) is 0 Å². The Kier molecular flexibility index (Phi) is 6.03. The number of rotatable bonds is 6. The SMILES string of the molecule is Cc1ccc(C(=O)COC(=O)/C=C/c2ccccc2Cl)cc1[N+](=O)[O-]. The third-order valence-electron chi connectivity index (χ3n) is 3.38. The van der Waals surface area contributed by atoms with Crippen LogP contribution < -0.4 is 0 Å². The summed E-state index contributed by atoms with van der Waals surface area (Å²) < 4.78 is 4.86. The van der Waals surface area contributed by atoms with Crippen molar-refractivity contribution in [1.29, 1.82) is 0 Å². The molecule has 6 nitrogen and oxygen atoms in total. The van der Waals surface area contributed by atoms with Crippen molar-refractivity contribution in [3.05, 3.63) is 80.4 Å². The molecule has 0 aliphatic rings. The summed E-state index contributed by atoms with van der Waals surface area (Å²) in [6.07, 6.45) is 2.64. The summed E-state index contributed by atoms with van der Waals surface area (Å²) in [7, 11) is 0. The predicted octanol–water partition coefficient (Wildman–Crippen LogP) is 4.00. The summed E-state index contributed by atoms with van der Waals surface area (Å²) in [5.74, 6) is -1.24. The molecule has 25 heavy (non-hydrogen) atoms. The minimum Gasteiger partial charge on any atom is -0.454 e. The van der Waals surface area contributed by atoms with Crippen LogP contribution in [0.25, 0.3) is 6.08 Å². The van der Waals surface area contributed by atoms with E-state index >= 15 is 0 Å². The van der Waals surface area contributed by atoms with Crippen LogP contribution in [0.3, 0.4) is 0 Å². The van der Waals surface area contributed by atoms with E-state index in [0.717, 1.165) is 6.08 Å². The van der Waals surface area contributed by atoms with Crippen molar-refractivity contribution < 1.29 is 19.2 Å². The van der Waals surface area contributed by atoms with Crippen molar-refractivity contribution in [2.75, 3.05) is 6.61 Å². The van der Waals surface area contributed by atoms with Crippen LogP contribution in [0.1, 0.15) is 21.5 Å². The van der Waals surface area contributed by atoms with Gasteiger partial charge in [0.05, 0.1) is 4.92 Å². The highest BCUT2D eigenvalue weighted by Gasteiger charge is 2.15. The molecule has 0 saturated carbocycles. The highest BCUT2D eigenvalue weighted by molar-refractivity contribution is 6.32. The number of nitro benzene ring substituents is 1. The van der Waals surface area contributed by atoms with E-state index < -0.39 is 23.3 Å². The van der Waals surface area contributed by atoms with Gasteiger partial charge in [0.25, 0.3) is 5.69 Å². The molecule has 2 rings (SSSR count). The summed E-state index contributed by atoms with van der Waals surface area (Å²) >= 11 is 5.96. The fourth-order valence-electron chi connectivity index (χ4n) is 2.02. The van der Waals surface area contributed by atoms with Crippen molar-refractivity contribution >= 4 is 35.1 Å². The number of ether oxygens (including phenoxy) is 1. The first-order valence-electron chi connectivity index (χ1n) is 7.26. The fraction of sp³-hybridized carbons (Fsp3) is 0.111. The summed E-state index contributed by atoms with van der Waals surface area (Å²) in [5, 5.41) is 11.4. The predicted molar refractivity (Wildman–Crippen MR) is 93.6 cm³/mol. The van der Waals surface area contributed by atoms with Crippen molar-refractivity contribution in [2.45, 2.75) is 6.92 Å². The molecule has 0 fully saturated rings. The first-order valence-corrected chi connectivity index (χ1v) is 7.64. The van der Waals surface area contributed by atoms with Crippen molar-refractivity contribution in [3.63, 3.8) is 0 Å². The highest BCUT2D eigenvalue weighted by Crippen LogP contribution is 2.20. The molecule has 2 aromatic carbocycles. The Morgan fingerprint density at radius 2 is 1.96 bits per heavy atom. The quantitative estimate of drug-likeness (QED) is 0.256. The summed E-state index contributed by atoms with van der Waals surface area (Å²) in [5.41, 5.74) is 1.04. The first kappa shape index (κ1) is 18.4. The minimum atomic E-state index is -0.713. The zero-order valence-corrected chi connectivity index (χ0v) is 14.0. The van der Waals surface area contributed by atoms with Gasteiger partial charge >= 0.3 is 5.97 Å². The van der Waals surface area contributed by atoms with E-state index in [2.05, 4.69) is 0 Å². The lowest BCUT2D eigenvalue weighted by atomic mass is 10.1. The molecular weight excluding hydrogens is 346 g/mol. The van der Waals surface area contributed by atoms with E-state index in [1.165, 1.54) is 24.3 Å². The van der Waals surface area contributed by atoms with Crippen LogP contribution in [-0.4, -0.2) is 23.3 Å². The maximum absolute atomic E-state index is 12.0. The van der Waals surface area contributed by atoms with Crippen LogP contribution in [0.15, 0.2) is 48.5 Å². The molecule has 7 heteroatoms. The van der Waals surface area contributed by atoms with Gasteiger partial charge < -0.3 is 4.74 Å². The van der Waals surface area contributed by atoms with E-state index in [1.54, 1.807) is 31.2 Å². The molecule has 0 unspecified atom stereocenters. The molecular formula is C18H14ClNO5. The Morgan fingerprint density at radius 1 is 1.24 bits per heavy atom. The average molecular weight is 360 g/mol. The maximum Gasteiger partial charge on any atom is 0.331 e. The van der Waals surface area contributed by atoms with Crippen LogP contribution in [0, 0.1) is 17.0 Å². The number of carbonyl (C=O) groups excluding carboxylic acids is 2. The largest absolute Gasteiger partial charge is 0.454 e. The first-order chi connectivity index (χ1) is 11.9. The molecule has 0 N–H and O–H groups in total. The molecule has 0 amide bonds. The van der Waals surface area contributed by atoms with Gasteiger partial charge in [0.15, 0.2) is 6.61 Å². The summed E-state index contributed by atoms with van der Waals surface area (Å²) in [4.78, 5) is 34.0. The number of nitrogens with zero attached hydrogens (tertiary/aromatic N) is 1. The number of esters is 1. The van der Waals surface area contributed by atoms with Crippen LogP contribution >= 0.6 is 11.6 Å². The molecule has 0 radical (unpaired) electrons. The Hall–Kier alpha value is -2.99. The number of Topliss-reactive ketones (excluding diaryl/α,β-unsaturated/α-hetero) is 1. The van der Waals surface area contributed by atoms with Gasteiger partial charge in [-0.2, -0.15) is 0 Å². The Labute approximate surface area is 148 Å². The minimum absolute atomic E-state index is 0.111. The van der Waals surface area contributed by atoms with E-state index in [-0.39, 0.29) is 11.3 Å². The second-order valence-electron chi connectivity index (χ2n) is 5.14. The third-order valence-corrected chi connectivity index (χ3v) is 3.72. The molecule has 0 atom stereocenters. The van der Waals surface area contributed by atoms with E-state index in [0.29, 0.717) is 16.1 Å². The topological polar surface area (TPSA) is 86.5 Å². The number of halogens is 1. The second-order valence-corrected chi connectivity index (χ2v) is 5.55. The zero-order chi connectivity index (χ0) is 18.4. The normalized spacial score (nSPS) is 10.6. The number of nitro groups is 1. The number of carbonyl (C=O) groups is 2. The average Bonchev–Trinajstić information content (AvgIpc) is 2.59.